The SMILES string of the molecule is NC1C(F)CC(C2CCC(c3ccc(C4CCC(O)CC4)cc3)CC2F)CC1F. The standard InChI is InChI=1S/C24H34F3NO/c25-21-11-17(7-10-20(21)18-12-22(26)24(28)23(27)13-18)16-3-1-14(2-4-16)15-5-8-19(29)9-6-15/h1-4,15,17-24,29H,5-13,28H2. The van der Waals surface area contributed by atoms with E-state index in [2.05, 4.69) is 24.3 Å². The first-order valence-electron chi connectivity index (χ1n) is 11.4. The molecule has 5 atom stereocenters. The number of nitrogens with two attached hydrogens (primary N) is 1. The Morgan fingerprint density at radius 3 is 1.76 bits per heavy atom. The Balaban J connectivity index is 1.35. The molecule has 0 amide bonds. The van der Waals surface area contributed by atoms with Crippen LogP contribution in [0.1, 0.15) is 80.8 Å². The zero-order valence-corrected chi connectivity index (χ0v) is 17.0. The number of hydrogen-bond acceptors (Lipinski definition) is 2. The maximum atomic E-state index is 15.0. The summed E-state index contributed by atoms with van der Waals surface area (Å²) in [5.41, 5.74) is 8.05. The molecule has 2 nitrogen and oxygen atoms in total. The molecule has 5 unspecified atom stereocenters. The van der Waals surface area contributed by atoms with Gasteiger partial charge in [0.25, 0.3) is 0 Å². The highest BCUT2D eigenvalue weighted by atomic mass is 19.1. The third-order valence-electron chi connectivity index (χ3n) is 7.90. The quantitative estimate of drug-likeness (QED) is 0.708. The van der Waals surface area contributed by atoms with Crippen molar-refractivity contribution >= 4 is 0 Å². The van der Waals surface area contributed by atoms with Crippen molar-refractivity contribution < 1.29 is 18.3 Å². The van der Waals surface area contributed by atoms with E-state index >= 15 is 4.39 Å². The molecule has 0 radical (unpaired) electrons. The molecule has 3 aliphatic carbocycles. The highest BCUT2D eigenvalue weighted by Gasteiger charge is 2.43. The van der Waals surface area contributed by atoms with Gasteiger partial charge in [-0.2, -0.15) is 0 Å². The van der Waals surface area contributed by atoms with Crippen LogP contribution in [0.25, 0.3) is 0 Å². The Morgan fingerprint density at radius 2 is 1.21 bits per heavy atom. The first-order chi connectivity index (χ1) is 13.9. The molecule has 3 aliphatic rings. The lowest BCUT2D eigenvalue weighted by Crippen LogP contribution is -2.49. The smallest absolute Gasteiger partial charge is 0.118 e. The first kappa shape index (κ1) is 21.2. The maximum Gasteiger partial charge on any atom is 0.118 e. The lowest BCUT2D eigenvalue weighted by molar-refractivity contribution is 0.0202. The molecule has 0 aliphatic heterocycles. The predicted octanol–water partition coefficient (Wildman–Crippen LogP) is 5.34. The fraction of sp³-hybridized carbons (Fsp3) is 0.750. The summed E-state index contributed by atoms with van der Waals surface area (Å²) in [4.78, 5) is 0. The molecule has 0 bridgehead atoms. The molecule has 0 spiro atoms. The van der Waals surface area contributed by atoms with Gasteiger partial charge in [0, 0.05) is 0 Å². The largest absolute Gasteiger partial charge is 0.393 e. The van der Waals surface area contributed by atoms with Crippen molar-refractivity contribution in [1.82, 2.24) is 0 Å². The molecule has 3 saturated carbocycles. The number of halogens is 3. The van der Waals surface area contributed by atoms with Crippen LogP contribution >= 0.6 is 0 Å². The van der Waals surface area contributed by atoms with Crippen molar-refractivity contribution in [3.63, 3.8) is 0 Å². The number of aliphatic hydroxyl groups excluding tert-OH is 1. The molecule has 29 heavy (non-hydrogen) atoms. The van der Waals surface area contributed by atoms with Gasteiger partial charge in [-0.15, -0.1) is 0 Å². The van der Waals surface area contributed by atoms with E-state index in [0.29, 0.717) is 18.8 Å². The molecule has 5 heteroatoms. The molecular weight excluding hydrogens is 375 g/mol. The zero-order chi connectivity index (χ0) is 20.5. The van der Waals surface area contributed by atoms with Crippen LogP contribution in [-0.2, 0) is 0 Å². The summed E-state index contributed by atoms with van der Waals surface area (Å²) in [6, 6.07) is 7.55. The van der Waals surface area contributed by atoms with E-state index in [-0.39, 0.29) is 36.7 Å². The molecule has 3 N–H and O–H groups in total. The van der Waals surface area contributed by atoms with Crippen LogP contribution in [0.4, 0.5) is 13.2 Å². The van der Waals surface area contributed by atoms with Crippen LogP contribution in [-0.4, -0.2) is 35.8 Å². The second-order valence-corrected chi connectivity index (χ2v) is 9.70. The average Bonchev–Trinajstić information content (AvgIpc) is 2.72. The van der Waals surface area contributed by atoms with Gasteiger partial charge in [-0.25, -0.2) is 13.2 Å². The summed E-state index contributed by atoms with van der Waals surface area (Å²) in [5, 5.41) is 9.69. The van der Waals surface area contributed by atoms with E-state index in [1.165, 1.54) is 11.1 Å². The number of aliphatic hydroxyl groups is 1. The highest BCUT2D eigenvalue weighted by Crippen LogP contribution is 2.45. The minimum Gasteiger partial charge on any atom is -0.393 e. The Hall–Kier alpha value is -1.07. The van der Waals surface area contributed by atoms with E-state index in [1.807, 2.05) is 0 Å². The molecule has 3 fully saturated rings. The van der Waals surface area contributed by atoms with Gasteiger partial charge in [0.05, 0.1) is 12.1 Å². The van der Waals surface area contributed by atoms with Gasteiger partial charge in [0.15, 0.2) is 0 Å². The number of rotatable bonds is 3. The third kappa shape index (κ3) is 4.66. The number of benzene rings is 1. The fourth-order valence-electron chi connectivity index (χ4n) is 5.99. The molecule has 0 aromatic heterocycles. The van der Waals surface area contributed by atoms with Crippen LogP contribution in [0.3, 0.4) is 0 Å². The van der Waals surface area contributed by atoms with E-state index in [1.54, 1.807) is 0 Å². The lowest BCUT2D eigenvalue weighted by atomic mass is 9.67. The Kier molecular flexibility index (Phi) is 6.55. The molecular formula is C24H34F3NO. The fourth-order valence-corrected chi connectivity index (χ4v) is 5.99. The lowest BCUT2D eigenvalue weighted by Gasteiger charge is -2.41. The zero-order valence-electron chi connectivity index (χ0n) is 17.0. The summed E-state index contributed by atoms with van der Waals surface area (Å²) >= 11 is 0. The van der Waals surface area contributed by atoms with Crippen LogP contribution < -0.4 is 5.73 Å². The minimum atomic E-state index is -1.36. The maximum absolute atomic E-state index is 15.0. The topological polar surface area (TPSA) is 46.2 Å². The minimum absolute atomic E-state index is 0.151. The van der Waals surface area contributed by atoms with Gasteiger partial charge in [0.2, 0.25) is 0 Å². The summed E-state index contributed by atoms with van der Waals surface area (Å²) in [6.45, 7) is 0. The van der Waals surface area contributed by atoms with Crippen LogP contribution in [0.15, 0.2) is 24.3 Å². The molecule has 162 valence electrons. The third-order valence-corrected chi connectivity index (χ3v) is 7.90. The Labute approximate surface area is 172 Å². The molecule has 1 aromatic rings. The van der Waals surface area contributed by atoms with Crippen molar-refractivity contribution in [2.75, 3.05) is 0 Å². The van der Waals surface area contributed by atoms with Gasteiger partial charge in [-0.1, -0.05) is 24.3 Å². The van der Waals surface area contributed by atoms with E-state index in [9.17, 15) is 13.9 Å². The average molecular weight is 410 g/mol. The van der Waals surface area contributed by atoms with Crippen molar-refractivity contribution in [3.05, 3.63) is 35.4 Å². The van der Waals surface area contributed by atoms with E-state index in [0.717, 1.165) is 32.1 Å². The monoisotopic (exact) mass is 409 g/mol. The molecule has 1 aromatic carbocycles. The summed E-state index contributed by atoms with van der Waals surface area (Å²) in [7, 11) is 0. The van der Waals surface area contributed by atoms with Gasteiger partial charge >= 0.3 is 0 Å². The summed E-state index contributed by atoms with van der Waals surface area (Å²) in [6.07, 6.45) is 2.29. The van der Waals surface area contributed by atoms with Crippen molar-refractivity contribution in [1.29, 1.82) is 0 Å². The van der Waals surface area contributed by atoms with Crippen molar-refractivity contribution in [2.45, 2.75) is 100 Å². The van der Waals surface area contributed by atoms with Gasteiger partial charge in [0.1, 0.15) is 18.5 Å². The Morgan fingerprint density at radius 1 is 0.690 bits per heavy atom. The van der Waals surface area contributed by atoms with Gasteiger partial charge in [-0.05, 0) is 92.6 Å². The van der Waals surface area contributed by atoms with E-state index < -0.39 is 24.6 Å². The van der Waals surface area contributed by atoms with Crippen LogP contribution in [0.2, 0.25) is 0 Å². The first-order valence-corrected chi connectivity index (χ1v) is 11.4. The molecule has 4 rings (SSSR count). The van der Waals surface area contributed by atoms with E-state index in [4.69, 9.17) is 5.73 Å². The van der Waals surface area contributed by atoms with Crippen molar-refractivity contribution in [3.8, 4) is 0 Å². The normalized spacial score (nSPS) is 43.8. The Bertz CT molecular complexity index is 649. The van der Waals surface area contributed by atoms with Crippen LogP contribution in [0, 0.1) is 11.8 Å². The van der Waals surface area contributed by atoms with Crippen LogP contribution in [0.5, 0.6) is 0 Å². The molecule has 0 heterocycles. The highest BCUT2D eigenvalue weighted by molar-refractivity contribution is 5.28. The van der Waals surface area contributed by atoms with Gasteiger partial charge < -0.3 is 10.8 Å². The second kappa shape index (κ2) is 8.97. The second-order valence-electron chi connectivity index (χ2n) is 9.70. The number of hydrogen-bond donors (Lipinski definition) is 2. The summed E-state index contributed by atoms with van der Waals surface area (Å²) in [5.74, 6) is 0.205. The van der Waals surface area contributed by atoms with Gasteiger partial charge in [-0.3, -0.25) is 0 Å². The molecule has 0 saturated heterocycles. The van der Waals surface area contributed by atoms with Crippen molar-refractivity contribution in [2.24, 2.45) is 17.6 Å². The predicted molar refractivity (Wildman–Crippen MR) is 109 cm³/mol. The summed E-state index contributed by atoms with van der Waals surface area (Å²) < 4.78 is 43.1. The number of alkyl halides is 3.